The Balaban J connectivity index is 1.37. The van der Waals surface area contributed by atoms with Crippen LogP contribution in [0.2, 0.25) is 0 Å². The van der Waals surface area contributed by atoms with E-state index < -0.39 is 11.6 Å². The van der Waals surface area contributed by atoms with Crippen LogP contribution >= 0.6 is 0 Å². The Morgan fingerprint density at radius 1 is 1.06 bits per heavy atom. The molecule has 33 heavy (non-hydrogen) atoms. The van der Waals surface area contributed by atoms with E-state index in [9.17, 15) is 14.0 Å². The SMILES string of the molecule is Cc1cc(C(=O)Cn2nc(-c3ccc(F)cc3)oc2=O)c(C)n1Cc1ccc2c(c1)OCO2. The maximum absolute atomic E-state index is 13.1. The van der Waals surface area contributed by atoms with Gasteiger partial charge >= 0.3 is 5.76 Å². The maximum atomic E-state index is 13.1. The number of nitrogens with zero attached hydrogens (tertiary/aromatic N) is 3. The number of rotatable bonds is 6. The average molecular weight is 449 g/mol. The summed E-state index contributed by atoms with van der Waals surface area (Å²) in [5.74, 6) is 0.0214. The van der Waals surface area contributed by atoms with E-state index >= 15 is 0 Å². The zero-order valence-electron chi connectivity index (χ0n) is 18.0. The van der Waals surface area contributed by atoms with Crippen LogP contribution in [0.4, 0.5) is 4.39 Å². The molecule has 0 spiro atoms. The molecule has 0 saturated carbocycles. The van der Waals surface area contributed by atoms with E-state index in [0.29, 0.717) is 29.2 Å². The van der Waals surface area contributed by atoms with E-state index in [4.69, 9.17) is 13.9 Å². The fourth-order valence-electron chi connectivity index (χ4n) is 3.89. The fraction of sp³-hybridized carbons (Fsp3) is 0.208. The van der Waals surface area contributed by atoms with Crippen LogP contribution in [0.5, 0.6) is 11.5 Å². The van der Waals surface area contributed by atoms with E-state index in [1.165, 1.54) is 24.3 Å². The van der Waals surface area contributed by atoms with Gasteiger partial charge in [0.2, 0.25) is 12.7 Å². The van der Waals surface area contributed by atoms with Crippen molar-refractivity contribution >= 4 is 5.78 Å². The van der Waals surface area contributed by atoms with Gasteiger partial charge in [-0.2, -0.15) is 4.68 Å². The van der Waals surface area contributed by atoms with Crippen LogP contribution in [0, 0.1) is 19.7 Å². The summed E-state index contributed by atoms with van der Waals surface area (Å²) < 4.78 is 32.1. The van der Waals surface area contributed by atoms with Crippen LogP contribution < -0.4 is 15.2 Å². The summed E-state index contributed by atoms with van der Waals surface area (Å²) in [6.45, 7) is 4.29. The summed E-state index contributed by atoms with van der Waals surface area (Å²) in [6.07, 6.45) is 0. The fourth-order valence-corrected chi connectivity index (χ4v) is 3.89. The minimum absolute atomic E-state index is 0.0288. The summed E-state index contributed by atoms with van der Waals surface area (Å²) in [4.78, 5) is 25.2. The molecule has 0 aliphatic carbocycles. The lowest BCUT2D eigenvalue weighted by Gasteiger charge is -2.10. The molecule has 1 aliphatic heterocycles. The predicted octanol–water partition coefficient (Wildman–Crippen LogP) is 3.72. The number of aryl methyl sites for hydroxylation is 1. The number of benzene rings is 2. The molecule has 0 saturated heterocycles. The zero-order chi connectivity index (χ0) is 23.1. The third-order valence-electron chi connectivity index (χ3n) is 5.64. The first kappa shape index (κ1) is 20.7. The van der Waals surface area contributed by atoms with Gasteiger partial charge in [-0.1, -0.05) is 6.07 Å². The number of fused-ring (bicyclic) bond motifs is 1. The van der Waals surface area contributed by atoms with Gasteiger partial charge in [0.25, 0.3) is 0 Å². The summed E-state index contributed by atoms with van der Waals surface area (Å²) in [5.41, 5.74) is 3.66. The number of carbonyl (C=O) groups excluding carboxylic acids is 1. The minimum atomic E-state index is -0.753. The highest BCUT2D eigenvalue weighted by atomic mass is 19.1. The predicted molar refractivity (Wildman–Crippen MR) is 116 cm³/mol. The van der Waals surface area contributed by atoms with Crippen LogP contribution in [0.15, 0.2) is 57.7 Å². The summed E-state index contributed by atoms with van der Waals surface area (Å²) in [5, 5.41) is 4.10. The van der Waals surface area contributed by atoms with Crippen molar-refractivity contribution in [1.29, 1.82) is 0 Å². The first-order valence-corrected chi connectivity index (χ1v) is 10.3. The normalized spacial score (nSPS) is 12.3. The topological polar surface area (TPSA) is 88.5 Å². The van der Waals surface area contributed by atoms with Crippen molar-refractivity contribution in [3.8, 4) is 23.0 Å². The molecule has 9 heteroatoms. The van der Waals surface area contributed by atoms with Gasteiger partial charge < -0.3 is 18.5 Å². The third-order valence-corrected chi connectivity index (χ3v) is 5.64. The Labute approximate surface area is 187 Å². The van der Waals surface area contributed by atoms with E-state index in [1.807, 2.05) is 36.6 Å². The first-order chi connectivity index (χ1) is 15.9. The Bertz CT molecular complexity index is 1420. The van der Waals surface area contributed by atoms with E-state index in [1.54, 1.807) is 6.07 Å². The molecule has 4 aromatic rings. The number of hydrogen-bond acceptors (Lipinski definition) is 6. The quantitative estimate of drug-likeness (QED) is 0.417. The van der Waals surface area contributed by atoms with Gasteiger partial charge in [-0.05, 0) is 61.9 Å². The number of aromatic nitrogens is 3. The molecule has 8 nitrogen and oxygen atoms in total. The summed E-state index contributed by atoms with van der Waals surface area (Å²) in [6, 6.07) is 13.0. The number of ether oxygens (including phenoxy) is 2. The average Bonchev–Trinajstić information content (AvgIpc) is 3.48. The lowest BCUT2D eigenvalue weighted by Crippen LogP contribution is -2.22. The Morgan fingerprint density at radius 3 is 2.61 bits per heavy atom. The van der Waals surface area contributed by atoms with Gasteiger partial charge in [0.05, 0.1) is 0 Å². The molecule has 5 rings (SSSR count). The lowest BCUT2D eigenvalue weighted by atomic mass is 10.1. The molecular weight excluding hydrogens is 429 g/mol. The molecule has 0 atom stereocenters. The second kappa shape index (κ2) is 8.09. The molecule has 2 aromatic heterocycles. The van der Waals surface area contributed by atoms with Gasteiger partial charge in [-0.15, -0.1) is 5.10 Å². The summed E-state index contributed by atoms with van der Waals surface area (Å²) >= 11 is 0. The van der Waals surface area contributed by atoms with E-state index in [2.05, 4.69) is 5.10 Å². The molecule has 0 unspecified atom stereocenters. The van der Waals surface area contributed by atoms with Crippen molar-refractivity contribution in [2.24, 2.45) is 0 Å². The van der Waals surface area contributed by atoms with Crippen LogP contribution in [-0.2, 0) is 13.1 Å². The Hall–Kier alpha value is -4.14. The van der Waals surface area contributed by atoms with Gasteiger partial charge in [-0.25, -0.2) is 9.18 Å². The maximum Gasteiger partial charge on any atom is 0.437 e. The second-order valence-corrected chi connectivity index (χ2v) is 7.82. The van der Waals surface area contributed by atoms with Gasteiger partial charge in [0.15, 0.2) is 17.3 Å². The highest BCUT2D eigenvalue weighted by molar-refractivity contribution is 5.97. The molecule has 0 N–H and O–H groups in total. The molecule has 0 bridgehead atoms. The van der Waals surface area contributed by atoms with Crippen LogP contribution in [0.25, 0.3) is 11.5 Å². The third kappa shape index (κ3) is 3.93. The molecular formula is C24H20FN3O5. The first-order valence-electron chi connectivity index (χ1n) is 10.3. The Morgan fingerprint density at radius 2 is 1.82 bits per heavy atom. The lowest BCUT2D eigenvalue weighted by molar-refractivity contribution is 0.0964. The van der Waals surface area contributed by atoms with Gasteiger partial charge in [0, 0.05) is 29.1 Å². The number of halogens is 1. The number of Topliss-reactive ketones (excluding diaryl/α,β-unsaturated/α-hetero) is 1. The molecule has 1 aliphatic rings. The Kier molecular flexibility index (Phi) is 5.08. The van der Waals surface area contributed by atoms with Crippen LogP contribution in [0.1, 0.15) is 27.3 Å². The number of hydrogen-bond donors (Lipinski definition) is 0. The minimum Gasteiger partial charge on any atom is -0.454 e. The number of ketones is 1. The highest BCUT2D eigenvalue weighted by Crippen LogP contribution is 2.33. The molecule has 0 radical (unpaired) electrons. The van der Waals surface area contributed by atoms with Gasteiger partial charge in [0.1, 0.15) is 12.4 Å². The van der Waals surface area contributed by atoms with Crippen LogP contribution in [-0.4, -0.2) is 26.9 Å². The largest absolute Gasteiger partial charge is 0.454 e. The smallest absolute Gasteiger partial charge is 0.437 e. The zero-order valence-corrected chi connectivity index (χ0v) is 18.0. The monoisotopic (exact) mass is 449 g/mol. The van der Waals surface area contributed by atoms with Crippen LogP contribution in [0.3, 0.4) is 0 Å². The molecule has 2 aromatic carbocycles. The number of carbonyl (C=O) groups is 1. The van der Waals surface area contributed by atoms with Crippen molar-refractivity contribution in [2.45, 2.75) is 26.9 Å². The van der Waals surface area contributed by atoms with E-state index in [-0.39, 0.29) is 25.0 Å². The highest BCUT2D eigenvalue weighted by Gasteiger charge is 2.20. The van der Waals surface area contributed by atoms with Crippen molar-refractivity contribution in [3.63, 3.8) is 0 Å². The van der Waals surface area contributed by atoms with Crippen molar-refractivity contribution in [2.75, 3.05) is 6.79 Å². The standard InChI is InChI=1S/C24H20FN3O5/c1-14-9-19(15(2)27(14)11-16-3-8-21-22(10-16)32-13-31-21)20(29)12-28-24(30)33-23(26-28)17-4-6-18(25)7-5-17/h3-10H,11-13H2,1-2H3. The van der Waals surface area contributed by atoms with Crippen molar-refractivity contribution < 1.29 is 23.1 Å². The van der Waals surface area contributed by atoms with Gasteiger partial charge in [-0.3, -0.25) is 4.79 Å². The molecule has 0 fully saturated rings. The molecule has 3 heterocycles. The summed E-state index contributed by atoms with van der Waals surface area (Å²) in [7, 11) is 0. The second-order valence-electron chi connectivity index (χ2n) is 7.82. The molecule has 168 valence electrons. The van der Waals surface area contributed by atoms with Crippen molar-refractivity contribution in [1.82, 2.24) is 14.3 Å². The molecule has 0 amide bonds. The van der Waals surface area contributed by atoms with E-state index in [0.717, 1.165) is 21.6 Å². The van der Waals surface area contributed by atoms with Crippen molar-refractivity contribution in [3.05, 3.63) is 87.4 Å².